The van der Waals surface area contributed by atoms with E-state index in [0.717, 1.165) is 59.6 Å². The van der Waals surface area contributed by atoms with Gasteiger partial charge in [-0.3, -0.25) is 14.7 Å². The lowest BCUT2D eigenvalue weighted by Crippen LogP contribution is -2.36. The number of pyridine rings is 1. The summed E-state index contributed by atoms with van der Waals surface area (Å²) in [4.78, 5) is 27.4. The quantitative estimate of drug-likeness (QED) is 0.190. The van der Waals surface area contributed by atoms with Gasteiger partial charge in [0.05, 0.1) is 12.2 Å². The van der Waals surface area contributed by atoms with Crippen molar-refractivity contribution in [3.05, 3.63) is 113 Å². The third-order valence-corrected chi connectivity index (χ3v) is 7.15. The van der Waals surface area contributed by atoms with Crippen LogP contribution in [0, 0.1) is 6.92 Å². The molecule has 4 rings (SSSR count). The lowest BCUT2D eigenvalue weighted by molar-refractivity contribution is 0.102. The summed E-state index contributed by atoms with van der Waals surface area (Å²) in [7, 11) is 0. The molecule has 2 aromatic carbocycles. The first-order chi connectivity index (χ1) is 18.9. The first-order valence-electron chi connectivity index (χ1n) is 13.8. The van der Waals surface area contributed by atoms with Crippen LogP contribution >= 0.6 is 0 Å². The number of carbonyl (C=O) groups is 1. The average Bonchev–Trinajstić information content (AvgIpc) is 3.44. The number of nitrogens with two attached hydrogens (primary N) is 1. The number of benzene rings is 2. The number of aryl methyl sites for hydroxylation is 1. The van der Waals surface area contributed by atoms with Crippen LogP contribution in [0.3, 0.4) is 0 Å². The first-order valence-corrected chi connectivity index (χ1v) is 13.8. The molecular weight excluding hydrogens is 484 g/mol. The van der Waals surface area contributed by atoms with Crippen molar-refractivity contribution in [1.82, 2.24) is 19.9 Å². The Hall–Kier alpha value is -3.81. The third kappa shape index (κ3) is 7.62. The number of aromatic nitrogens is 3. The number of amides is 1. The maximum Gasteiger partial charge on any atom is 0.255 e. The summed E-state index contributed by atoms with van der Waals surface area (Å²) in [5.74, 6) is 0.772. The highest BCUT2D eigenvalue weighted by atomic mass is 16.1. The Kier molecular flexibility index (Phi) is 9.63. The van der Waals surface area contributed by atoms with Gasteiger partial charge in [0.2, 0.25) is 0 Å². The Balaban J connectivity index is 1.41. The van der Waals surface area contributed by atoms with E-state index in [4.69, 9.17) is 5.73 Å². The van der Waals surface area contributed by atoms with Crippen LogP contribution in [-0.2, 0) is 25.2 Å². The number of hydrogen-bond donors (Lipinski definition) is 3. The fourth-order valence-corrected chi connectivity index (χ4v) is 5.07. The van der Waals surface area contributed by atoms with Gasteiger partial charge < -0.3 is 16.0 Å². The molecule has 4 aromatic rings. The molecule has 1 amide bonds. The van der Waals surface area contributed by atoms with Crippen molar-refractivity contribution < 1.29 is 4.79 Å². The molecular formula is C32H40N6O. The molecule has 0 aliphatic heterocycles. The zero-order valence-corrected chi connectivity index (χ0v) is 23.3. The zero-order valence-electron chi connectivity index (χ0n) is 23.3. The summed E-state index contributed by atoms with van der Waals surface area (Å²) in [5.41, 5.74) is 12.2. The van der Waals surface area contributed by atoms with Crippen molar-refractivity contribution >= 4 is 11.6 Å². The summed E-state index contributed by atoms with van der Waals surface area (Å²) in [6.45, 7) is 8.48. The largest absolute Gasteiger partial charge is 0.348 e. The summed E-state index contributed by atoms with van der Waals surface area (Å²) in [5, 5.41) is 3.02. The van der Waals surface area contributed by atoms with E-state index >= 15 is 0 Å². The fraction of sp³-hybridized carbons (Fsp3) is 0.344. The van der Waals surface area contributed by atoms with Crippen molar-refractivity contribution in [2.24, 2.45) is 5.73 Å². The number of nitrogens with one attached hydrogen (secondary N) is 2. The number of rotatable bonds is 13. The van der Waals surface area contributed by atoms with Crippen LogP contribution in [0.25, 0.3) is 0 Å². The molecule has 204 valence electrons. The van der Waals surface area contributed by atoms with Crippen molar-refractivity contribution in [1.29, 1.82) is 0 Å². The lowest BCUT2D eigenvalue weighted by atomic mass is 9.83. The molecule has 0 aliphatic carbocycles. The van der Waals surface area contributed by atoms with Gasteiger partial charge in [0.15, 0.2) is 0 Å². The van der Waals surface area contributed by atoms with Gasteiger partial charge in [-0.15, -0.1) is 0 Å². The minimum atomic E-state index is -0.317. The Morgan fingerprint density at radius 1 is 0.923 bits per heavy atom. The van der Waals surface area contributed by atoms with E-state index in [1.165, 1.54) is 0 Å². The molecule has 0 radical (unpaired) electrons. The highest BCUT2D eigenvalue weighted by Gasteiger charge is 2.25. The van der Waals surface area contributed by atoms with E-state index in [9.17, 15) is 4.79 Å². The lowest BCUT2D eigenvalue weighted by Gasteiger charge is -2.29. The number of anilines is 1. The smallest absolute Gasteiger partial charge is 0.255 e. The molecule has 7 heteroatoms. The number of hydrogen-bond acceptors (Lipinski definition) is 5. The van der Waals surface area contributed by atoms with Crippen LogP contribution in [0.15, 0.2) is 79.3 Å². The number of H-pyrrole nitrogens is 1. The van der Waals surface area contributed by atoms with Gasteiger partial charge in [0, 0.05) is 48.5 Å². The van der Waals surface area contributed by atoms with Gasteiger partial charge in [-0.25, -0.2) is 4.98 Å². The molecule has 0 unspecified atom stereocenters. The number of imidazole rings is 1. The molecule has 7 nitrogen and oxygen atoms in total. The maximum atomic E-state index is 13.0. The number of aromatic amines is 1. The van der Waals surface area contributed by atoms with Crippen LogP contribution in [0.5, 0.6) is 0 Å². The molecule has 0 aliphatic rings. The Morgan fingerprint density at radius 3 is 2.26 bits per heavy atom. The second-order valence-electron chi connectivity index (χ2n) is 10.3. The van der Waals surface area contributed by atoms with Crippen LogP contribution in [0.2, 0.25) is 0 Å². The number of carbonyl (C=O) groups excluding carboxylic acids is 1. The topological polar surface area (TPSA) is 99.9 Å². The van der Waals surface area contributed by atoms with Gasteiger partial charge in [0.25, 0.3) is 5.91 Å². The van der Waals surface area contributed by atoms with E-state index in [1.807, 2.05) is 67.0 Å². The fourth-order valence-electron chi connectivity index (χ4n) is 5.07. The zero-order chi connectivity index (χ0) is 27.7. The third-order valence-electron chi connectivity index (χ3n) is 7.15. The van der Waals surface area contributed by atoms with Crippen molar-refractivity contribution in [2.45, 2.75) is 71.6 Å². The van der Waals surface area contributed by atoms with Crippen molar-refractivity contribution in [3.8, 4) is 0 Å². The van der Waals surface area contributed by atoms with Gasteiger partial charge in [-0.1, -0.05) is 57.0 Å². The second kappa shape index (κ2) is 13.3. The van der Waals surface area contributed by atoms with Crippen LogP contribution in [0.4, 0.5) is 5.69 Å². The van der Waals surface area contributed by atoms with Crippen molar-refractivity contribution in [3.63, 3.8) is 0 Å². The molecule has 39 heavy (non-hydrogen) atoms. The van der Waals surface area contributed by atoms with Crippen LogP contribution < -0.4 is 11.1 Å². The molecule has 2 aromatic heterocycles. The minimum Gasteiger partial charge on any atom is -0.348 e. The van der Waals surface area contributed by atoms with E-state index < -0.39 is 0 Å². The van der Waals surface area contributed by atoms with E-state index in [0.29, 0.717) is 25.2 Å². The number of nitrogens with zero attached hydrogens (tertiary/aromatic N) is 3. The van der Waals surface area contributed by atoms with Gasteiger partial charge in [0.1, 0.15) is 5.82 Å². The SMILES string of the molecule is CCCC(N)(CCC)c1ccc(NC(=O)c2ccc(CN(Cc3ncc[nH]3)Cc3ncccc3C)cc2)cc1. The van der Waals surface area contributed by atoms with Gasteiger partial charge in [-0.2, -0.15) is 0 Å². The highest BCUT2D eigenvalue weighted by Crippen LogP contribution is 2.30. The molecule has 0 bridgehead atoms. The molecule has 0 spiro atoms. The second-order valence-corrected chi connectivity index (χ2v) is 10.3. The molecule has 0 fully saturated rings. The molecule has 4 N–H and O–H groups in total. The Bertz CT molecular complexity index is 1310. The Labute approximate surface area is 231 Å². The Morgan fingerprint density at radius 2 is 1.64 bits per heavy atom. The first kappa shape index (κ1) is 28.2. The average molecular weight is 525 g/mol. The normalized spacial score (nSPS) is 11.6. The maximum absolute atomic E-state index is 13.0. The van der Waals surface area contributed by atoms with E-state index in [2.05, 4.69) is 52.0 Å². The highest BCUT2D eigenvalue weighted by molar-refractivity contribution is 6.04. The predicted octanol–water partition coefficient (Wildman–Crippen LogP) is 6.32. The molecule has 0 saturated heterocycles. The molecule has 0 atom stereocenters. The molecule has 2 heterocycles. The monoisotopic (exact) mass is 524 g/mol. The summed E-state index contributed by atoms with van der Waals surface area (Å²) >= 11 is 0. The van der Waals surface area contributed by atoms with Crippen molar-refractivity contribution in [2.75, 3.05) is 5.32 Å². The standard InChI is InChI=1S/C32H40N6O/c1-4-16-32(33,17-5-2)27-12-14-28(15-13-27)37-31(39)26-10-8-25(9-11-26)21-38(23-30-35-19-20-36-30)22-29-24(3)7-6-18-34-29/h6-15,18-20H,4-5,16-17,21-23,33H2,1-3H3,(H,35,36)(H,37,39). The van der Waals surface area contributed by atoms with Gasteiger partial charge in [-0.05, 0) is 66.8 Å². The van der Waals surface area contributed by atoms with Gasteiger partial charge >= 0.3 is 0 Å². The van der Waals surface area contributed by atoms with Crippen LogP contribution in [0.1, 0.15) is 78.1 Å². The van der Waals surface area contributed by atoms with E-state index in [-0.39, 0.29) is 11.4 Å². The summed E-state index contributed by atoms with van der Waals surface area (Å²) in [6.07, 6.45) is 9.39. The predicted molar refractivity (Wildman–Crippen MR) is 157 cm³/mol. The summed E-state index contributed by atoms with van der Waals surface area (Å²) < 4.78 is 0. The molecule has 0 saturated carbocycles. The van der Waals surface area contributed by atoms with Crippen LogP contribution in [-0.4, -0.2) is 25.8 Å². The minimum absolute atomic E-state index is 0.132. The van der Waals surface area contributed by atoms with E-state index in [1.54, 1.807) is 6.20 Å². The summed E-state index contributed by atoms with van der Waals surface area (Å²) in [6, 6.07) is 19.8.